The molecule has 0 atom stereocenters. The lowest BCUT2D eigenvalue weighted by Gasteiger charge is -1.87. The topological polar surface area (TPSA) is 72.2 Å². The number of nitrogens with two attached hydrogens (primary N) is 1. The van der Waals surface area contributed by atoms with Crippen molar-refractivity contribution < 1.29 is 8.42 Å². The van der Waals surface area contributed by atoms with E-state index in [1.165, 1.54) is 6.07 Å². The van der Waals surface area contributed by atoms with Gasteiger partial charge in [-0.3, -0.25) is 0 Å². The molecule has 0 aliphatic heterocycles. The predicted octanol–water partition coefficient (Wildman–Crippen LogP) is -0.0336. The van der Waals surface area contributed by atoms with Gasteiger partial charge >= 0.3 is 0 Å². The highest BCUT2D eigenvalue weighted by Gasteiger charge is 2.09. The van der Waals surface area contributed by atoms with Gasteiger partial charge in [0.25, 0.3) is 0 Å². The Hall–Kier alpha value is -0.870. The van der Waals surface area contributed by atoms with Gasteiger partial charge in [0.05, 0.1) is 11.4 Å². The maximum Gasteiger partial charge on any atom is 0.247 e. The summed E-state index contributed by atoms with van der Waals surface area (Å²) in [6, 6.07) is 3.11. The first kappa shape index (κ1) is 11.2. The normalized spacial score (nSPS) is 10.7. The zero-order valence-electron chi connectivity index (χ0n) is 7.57. The molecule has 0 saturated carbocycles. The Kier molecular flexibility index (Phi) is 3.66. The van der Waals surface area contributed by atoms with Gasteiger partial charge in [-0.2, -0.15) is 0 Å². The first-order chi connectivity index (χ1) is 6.54. The molecule has 0 unspecified atom stereocenters. The van der Waals surface area contributed by atoms with Crippen molar-refractivity contribution in [2.24, 2.45) is 5.14 Å². The minimum Gasteiger partial charge on any atom is -0.309 e. The second kappa shape index (κ2) is 4.57. The molecule has 1 heterocycles. The van der Waals surface area contributed by atoms with Crippen molar-refractivity contribution in [3.63, 3.8) is 0 Å². The molecule has 76 valence electrons. The van der Waals surface area contributed by atoms with Crippen molar-refractivity contribution in [1.29, 1.82) is 0 Å². The Labute approximate surface area is 87.2 Å². The average Bonchev–Trinajstić information content (AvgIpc) is 2.52. The Morgan fingerprint density at radius 1 is 1.57 bits per heavy atom. The molecule has 0 radical (unpaired) electrons. The highest BCUT2D eigenvalue weighted by molar-refractivity contribution is 7.91. The molecular weight excluding hydrogens is 220 g/mol. The number of thiophene rings is 1. The maximum atomic E-state index is 10.9. The third kappa shape index (κ3) is 3.12. The lowest BCUT2D eigenvalue weighted by Crippen LogP contribution is -2.09. The monoisotopic (exact) mass is 230 g/mol. The van der Waals surface area contributed by atoms with E-state index in [9.17, 15) is 8.42 Å². The number of hydrogen-bond donors (Lipinski definition) is 2. The molecule has 3 N–H and O–H groups in total. The van der Waals surface area contributed by atoms with Gasteiger partial charge in [0.15, 0.2) is 0 Å². The van der Waals surface area contributed by atoms with Crippen LogP contribution in [0.3, 0.4) is 0 Å². The molecule has 0 aliphatic rings. The summed E-state index contributed by atoms with van der Waals surface area (Å²) in [6.45, 7) is 0.572. The second-order valence-electron chi connectivity index (χ2n) is 2.50. The van der Waals surface area contributed by atoms with Gasteiger partial charge in [0, 0.05) is 0 Å². The van der Waals surface area contributed by atoms with Crippen LogP contribution in [0.1, 0.15) is 4.88 Å². The van der Waals surface area contributed by atoms with E-state index < -0.39 is 10.0 Å². The number of hydrogen-bond acceptors (Lipinski definition) is 4. The van der Waals surface area contributed by atoms with E-state index in [-0.39, 0.29) is 4.21 Å². The zero-order chi connectivity index (χ0) is 10.6. The van der Waals surface area contributed by atoms with E-state index in [0.717, 1.165) is 11.3 Å². The van der Waals surface area contributed by atoms with Crippen molar-refractivity contribution in [3.8, 4) is 11.8 Å². The van der Waals surface area contributed by atoms with Crippen LogP contribution in [0.25, 0.3) is 0 Å². The van der Waals surface area contributed by atoms with E-state index in [1.807, 2.05) is 0 Å². The van der Waals surface area contributed by atoms with Crippen molar-refractivity contribution in [3.05, 3.63) is 17.0 Å². The Bertz CT molecular complexity index is 465. The molecule has 14 heavy (non-hydrogen) atoms. The van der Waals surface area contributed by atoms with Gasteiger partial charge in [-0.05, 0) is 19.2 Å². The van der Waals surface area contributed by atoms with Crippen LogP contribution in [0.5, 0.6) is 0 Å². The quantitative estimate of drug-likeness (QED) is 0.701. The summed E-state index contributed by atoms with van der Waals surface area (Å²) in [5.41, 5.74) is 0. The van der Waals surface area contributed by atoms with E-state index in [4.69, 9.17) is 5.14 Å². The van der Waals surface area contributed by atoms with Gasteiger partial charge in [-0.25, -0.2) is 13.6 Å². The molecule has 0 spiro atoms. The van der Waals surface area contributed by atoms with Crippen molar-refractivity contribution in [1.82, 2.24) is 5.32 Å². The average molecular weight is 230 g/mol. The molecule has 1 rings (SSSR count). The van der Waals surface area contributed by atoms with Crippen molar-refractivity contribution in [2.75, 3.05) is 13.6 Å². The van der Waals surface area contributed by atoms with Crippen LogP contribution in [0.2, 0.25) is 0 Å². The largest absolute Gasteiger partial charge is 0.309 e. The molecule has 1 aromatic rings. The zero-order valence-corrected chi connectivity index (χ0v) is 9.21. The van der Waals surface area contributed by atoms with Crippen molar-refractivity contribution >= 4 is 21.4 Å². The molecule has 0 aromatic carbocycles. The number of sulfonamides is 1. The van der Waals surface area contributed by atoms with Crippen LogP contribution in [0, 0.1) is 11.8 Å². The summed E-state index contributed by atoms with van der Waals surface area (Å²) in [7, 11) is -1.79. The minimum atomic E-state index is -3.58. The molecule has 1 aromatic heterocycles. The molecule has 0 bridgehead atoms. The fraction of sp³-hybridized carbons (Fsp3) is 0.250. The number of nitrogens with one attached hydrogen (secondary N) is 1. The fourth-order valence-electron chi connectivity index (χ4n) is 0.760. The standard InChI is InChI=1S/C8H10N2O2S2/c1-10-6-2-3-7-4-5-8(13-7)14(9,11)12/h4-5,10H,6H2,1H3,(H2,9,11,12). The summed E-state index contributed by atoms with van der Waals surface area (Å²) in [6.07, 6.45) is 0. The van der Waals surface area contributed by atoms with Gasteiger partial charge in [0.2, 0.25) is 10.0 Å². The molecule has 0 fully saturated rings. The van der Waals surface area contributed by atoms with Crippen LogP contribution >= 0.6 is 11.3 Å². The smallest absolute Gasteiger partial charge is 0.247 e. The highest BCUT2D eigenvalue weighted by atomic mass is 32.2. The van der Waals surface area contributed by atoms with Crippen LogP contribution < -0.4 is 10.5 Å². The Balaban J connectivity index is 2.86. The Morgan fingerprint density at radius 3 is 2.79 bits per heavy atom. The lowest BCUT2D eigenvalue weighted by atomic mass is 10.4. The Morgan fingerprint density at radius 2 is 2.29 bits per heavy atom. The minimum absolute atomic E-state index is 0.145. The summed E-state index contributed by atoms with van der Waals surface area (Å²) in [5, 5.41) is 7.81. The molecule has 4 nitrogen and oxygen atoms in total. The SMILES string of the molecule is CNCC#Cc1ccc(S(N)(=O)=O)s1. The molecule has 0 saturated heterocycles. The van der Waals surface area contributed by atoms with E-state index in [1.54, 1.807) is 13.1 Å². The van der Waals surface area contributed by atoms with Gasteiger partial charge in [-0.1, -0.05) is 11.8 Å². The summed E-state index contributed by atoms with van der Waals surface area (Å²) in [5.74, 6) is 5.65. The molecule has 6 heteroatoms. The van der Waals surface area contributed by atoms with Crippen LogP contribution in [-0.4, -0.2) is 22.0 Å². The predicted molar refractivity (Wildman–Crippen MR) is 56.5 cm³/mol. The van der Waals surface area contributed by atoms with E-state index >= 15 is 0 Å². The summed E-state index contributed by atoms with van der Waals surface area (Å²) in [4.78, 5) is 0.698. The van der Waals surface area contributed by atoms with Gasteiger partial charge in [0.1, 0.15) is 4.21 Å². The third-order valence-corrected chi connectivity index (χ3v) is 3.78. The lowest BCUT2D eigenvalue weighted by molar-refractivity contribution is 0.600. The highest BCUT2D eigenvalue weighted by Crippen LogP contribution is 2.18. The van der Waals surface area contributed by atoms with E-state index in [2.05, 4.69) is 17.2 Å². The second-order valence-corrected chi connectivity index (χ2v) is 5.37. The fourth-order valence-corrected chi connectivity index (χ4v) is 2.36. The summed E-state index contributed by atoms with van der Waals surface area (Å²) < 4.78 is 22.0. The van der Waals surface area contributed by atoms with Crippen LogP contribution in [0.4, 0.5) is 0 Å². The van der Waals surface area contributed by atoms with E-state index in [0.29, 0.717) is 11.4 Å². The van der Waals surface area contributed by atoms with Crippen LogP contribution in [-0.2, 0) is 10.0 Å². The van der Waals surface area contributed by atoms with Crippen molar-refractivity contribution in [2.45, 2.75) is 4.21 Å². The first-order valence-corrected chi connectivity index (χ1v) is 6.16. The van der Waals surface area contributed by atoms with Gasteiger partial charge < -0.3 is 5.32 Å². The number of primary sulfonamides is 1. The summed E-state index contributed by atoms with van der Waals surface area (Å²) >= 11 is 1.08. The molecule has 0 amide bonds. The molecular formula is C8H10N2O2S2. The maximum absolute atomic E-state index is 10.9. The number of rotatable bonds is 2. The third-order valence-electron chi connectivity index (χ3n) is 1.34. The van der Waals surface area contributed by atoms with Gasteiger partial charge in [-0.15, -0.1) is 11.3 Å². The van der Waals surface area contributed by atoms with Crippen LogP contribution in [0.15, 0.2) is 16.3 Å². The first-order valence-electron chi connectivity index (χ1n) is 3.80. The molecule has 0 aliphatic carbocycles.